The fraction of sp³-hybridized carbons (Fsp3) is 0.211. The molecule has 130 valence electrons. The Kier molecular flexibility index (Phi) is 7.22. The molecule has 0 spiro atoms. The average molecular weight is 357 g/mol. The number of rotatable bonds is 8. The van der Waals surface area contributed by atoms with Crippen LogP contribution < -0.4 is 5.32 Å². The maximum Gasteiger partial charge on any atom is 0.313 e. The Hall–Kier alpha value is -2.60. The lowest BCUT2D eigenvalue weighted by Crippen LogP contribution is -2.42. The molecule has 0 heterocycles. The van der Waals surface area contributed by atoms with Gasteiger partial charge in [-0.25, -0.2) is 0 Å². The van der Waals surface area contributed by atoms with Gasteiger partial charge in [0.2, 0.25) is 11.0 Å². The van der Waals surface area contributed by atoms with Crippen molar-refractivity contribution in [3.8, 4) is 0 Å². The third-order valence-electron chi connectivity index (χ3n) is 3.45. The molecule has 1 amide bonds. The van der Waals surface area contributed by atoms with Crippen molar-refractivity contribution in [3.63, 3.8) is 0 Å². The maximum atomic E-state index is 12.3. The molecule has 0 aromatic heterocycles. The fourth-order valence-corrected chi connectivity index (χ4v) is 2.91. The maximum absolute atomic E-state index is 12.3. The minimum atomic E-state index is -1.06. The van der Waals surface area contributed by atoms with E-state index in [0.29, 0.717) is 18.2 Å². The molecule has 0 radical (unpaired) electrons. The number of carboxylic acids is 1. The van der Waals surface area contributed by atoms with E-state index in [2.05, 4.69) is 5.32 Å². The zero-order valence-corrected chi connectivity index (χ0v) is 14.4. The van der Waals surface area contributed by atoms with Crippen molar-refractivity contribution in [2.75, 3.05) is 5.75 Å². The predicted molar refractivity (Wildman–Crippen MR) is 97.3 cm³/mol. The van der Waals surface area contributed by atoms with Gasteiger partial charge in [0.1, 0.15) is 6.04 Å². The number of benzene rings is 2. The van der Waals surface area contributed by atoms with E-state index in [4.69, 9.17) is 5.11 Å². The molecule has 1 atom stereocenters. The third-order valence-corrected chi connectivity index (χ3v) is 4.41. The second-order valence-electron chi connectivity index (χ2n) is 5.47. The molecule has 0 aliphatic rings. The molecule has 0 fully saturated rings. The summed E-state index contributed by atoms with van der Waals surface area (Å²) in [5, 5.41) is 11.1. The van der Waals surface area contributed by atoms with Crippen LogP contribution in [0.5, 0.6) is 0 Å². The zero-order valence-electron chi connectivity index (χ0n) is 13.6. The van der Waals surface area contributed by atoms with E-state index in [1.165, 1.54) is 0 Å². The standard InChI is InChI=1S/C19H19NO4S/c21-17(12-15-9-5-2-6-10-15)20-16(19(24)25-13-18(22)23)11-14-7-3-1-4-8-14/h1-10,16H,11-13H2,(H,20,21)(H,22,23)/t16-/m0/s1. The number of carbonyl (C=O) groups excluding carboxylic acids is 2. The van der Waals surface area contributed by atoms with Gasteiger partial charge in [0, 0.05) is 6.42 Å². The molecule has 0 saturated carbocycles. The van der Waals surface area contributed by atoms with Crippen LogP contribution in [0.15, 0.2) is 60.7 Å². The number of nitrogens with one attached hydrogen (secondary N) is 1. The number of carbonyl (C=O) groups is 3. The van der Waals surface area contributed by atoms with Gasteiger partial charge in [-0.15, -0.1) is 0 Å². The summed E-state index contributed by atoms with van der Waals surface area (Å²) in [7, 11) is 0. The zero-order chi connectivity index (χ0) is 18.1. The molecular formula is C19H19NO4S. The van der Waals surface area contributed by atoms with Gasteiger partial charge in [0.15, 0.2) is 0 Å². The minimum absolute atomic E-state index is 0.170. The smallest absolute Gasteiger partial charge is 0.313 e. The molecule has 5 nitrogen and oxygen atoms in total. The Morgan fingerprint density at radius 3 is 2.04 bits per heavy atom. The molecule has 2 aromatic rings. The Morgan fingerprint density at radius 2 is 1.48 bits per heavy atom. The van der Waals surface area contributed by atoms with Crippen molar-refractivity contribution in [3.05, 3.63) is 71.8 Å². The first kappa shape index (κ1) is 18.7. The first-order chi connectivity index (χ1) is 12.0. The highest BCUT2D eigenvalue weighted by Gasteiger charge is 2.22. The summed E-state index contributed by atoms with van der Waals surface area (Å²) in [5.41, 5.74) is 1.75. The number of amides is 1. The van der Waals surface area contributed by atoms with Crippen LogP contribution in [-0.4, -0.2) is 33.9 Å². The van der Waals surface area contributed by atoms with Crippen molar-refractivity contribution in [1.29, 1.82) is 0 Å². The summed E-state index contributed by atoms with van der Waals surface area (Å²) in [6.07, 6.45) is 0.496. The largest absolute Gasteiger partial charge is 0.481 e. The van der Waals surface area contributed by atoms with Crippen LogP contribution in [0.4, 0.5) is 0 Å². The van der Waals surface area contributed by atoms with E-state index in [1.807, 2.05) is 60.7 Å². The third kappa shape index (κ3) is 6.81. The quantitative estimate of drug-likeness (QED) is 0.757. The molecule has 0 unspecified atom stereocenters. The highest BCUT2D eigenvalue weighted by Crippen LogP contribution is 2.12. The van der Waals surface area contributed by atoms with Crippen molar-refractivity contribution >= 4 is 28.8 Å². The van der Waals surface area contributed by atoms with Gasteiger partial charge in [-0.2, -0.15) is 0 Å². The first-order valence-electron chi connectivity index (χ1n) is 7.80. The molecule has 0 bridgehead atoms. The SMILES string of the molecule is O=C(O)CSC(=O)[C@H](Cc1ccccc1)NC(=O)Cc1ccccc1. The lowest BCUT2D eigenvalue weighted by Gasteiger charge is -2.17. The molecule has 2 aromatic carbocycles. The lowest BCUT2D eigenvalue weighted by atomic mass is 10.1. The van der Waals surface area contributed by atoms with Crippen molar-refractivity contribution < 1.29 is 19.5 Å². The lowest BCUT2D eigenvalue weighted by molar-refractivity contribution is -0.134. The molecule has 2 rings (SSSR count). The Bertz CT molecular complexity index is 719. The number of thioether (sulfide) groups is 1. The topological polar surface area (TPSA) is 83.5 Å². The van der Waals surface area contributed by atoms with Crippen LogP contribution in [-0.2, 0) is 27.2 Å². The van der Waals surface area contributed by atoms with Crippen molar-refractivity contribution in [2.45, 2.75) is 18.9 Å². The Labute approximate surface area is 150 Å². The second kappa shape index (κ2) is 9.64. The normalized spacial score (nSPS) is 11.5. The number of aliphatic carboxylic acids is 1. The van der Waals surface area contributed by atoms with Gasteiger partial charge in [-0.1, -0.05) is 72.4 Å². The summed E-state index contributed by atoms with van der Waals surface area (Å²) < 4.78 is 0. The molecular weight excluding hydrogens is 338 g/mol. The highest BCUT2D eigenvalue weighted by atomic mass is 32.2. The van der Waals surface area contributed by atoms with Crippen LogP contribution in [0.2, 0.25) is 0 Å². The van der Waals surface area contributed by atoms with Gasteiger partial charge in [0.25, 0.3) is 0 Å². The summed E-state index contributed by atoms with van der Waals surface area (Å²) in [4.78, 5) is 35.3. The average Bonchev–Trinajstić information content (AvgIpc) is 2.60. The van der Waals surface area contributed by atoms with Gasteiger partial charge < -0.3 is 10.4 Å². The summed E-state index contributed by atoms with van der Waals surface area (Å²) in [5.74, 6) is -1.65. The van der Waals surface area contributed by atoms with Crippen molar-refractivity contribution in [2.24, 2.45) is 0 Å². The van der Waals surface area contributed by atoms with Gasteiger partial charge >= 0.3 is 5.97 Å². The Morgan fingerprint density at radius 1 is 0.920 bits per heavy atom. The van der Waals surface area contributed by atoms with Crippen LogP contribution in [0, 0.1) is 0 Å². The van der Waals surface area contributed by atoms with E-state index in [0.717, 1.165) is 11.1 Å². The van der Waals surface area contributed by atoms with Crippen LogP contribution in [0.25, 0.3) is 0 Å². The molecule has 2 N–H and O–H groups in total. The van der Waals surface area contributed by atoms with Crippen LogP contribution >= 0.6 is 11.8 Å². The molecule has 25 heavy (non-hydrogen) atoms. The summed E-state index contributed by atoms with van der Waals surface area (Å²) >= 11 is 0.707. The number of carboxylic acid groups (broad SMARTS) is 1. The van der Waals surface area contributed by atoms with Crippen LogP contribution in [0.3, 0.4) is 0 Å². The summed E-state index contributed by atoms with van der Waals surface area (Å²) in [6.45, 7) is 0. The van der Waals surface area contributed by atoms with E-state index < -0.39 is 12.0 Å². The van der Waals surface area contributed by atoms with E-state index in [9.17, 15) is 14.4 Å². The Balaban J connectivity index is 2.03. The molecule has 0 saturated heterocycles. The molecule has 0 aliphatic carbocycles. The van der Waals surface area contributed by atoms with Gasteiger partial charge in [-0.3, -0.25) is 14.4 Å². The second-order valence-corrected chi connectivity index (χ2v) is 6.45. The predicted octanol–water partition coefficient (Wildman–Crippen LogP) is 2.30. The molecule has 6 heteroatoms. The number of hydrogen-bond donors (Lipinski definition) is 2. The van der Waals surface area contributed by atoms with E-state index in [1.54, 1.807) is 0 Å². The van der Waals surface area contributed by atoms with E-state index in [-0.39, 0.29) is 23.2 Å². The summed E-state index contributed by atoms with van der Waals surface area (Å²) in [6, 6.07) is 17.8. The van der Waals surface area contributed by atoms with Gasteiger partial charge in [0.05, 0.1) is 12.2 Å². The molecule has 0 aliphatic heterocycles. The first-order valence-corrected chi connectivity index (χ1v) is 8.79. The van der Waals surface area contributed by atoms with E-state index >= 15 is 0 Å². The van der Waals surface area contributed by atoms with Gasteiger partial charge in [-0.05, 0) is 11.1 Å². The number of hydrogen-bond acceptors (Lipinski definition) is 4. The highest BCUT2D eigenvalue weighted by molar-refractivity contribution is 8.14. The fourth-order valence-electron chi connectivity index (χ4n) is 2.30. The monoisotopic (exact) mass is 357 g/mol. The van der Waals surface area contributed by atoms with Crippen LogP contribution in [0.1, 0.15) is 11.1 Å². The minimum Gasteiger partial charge on any atom is -0.481 e. The van der Waals surface area contributed by atoms with Crippen molar-refractivity contribution in [1.82, 2.24) is 5.32 Å².